The molecule has 0 aliphatic carbocycles. The quantitative estimate of drug-likeness (QED) is 0.741. The van der Waals surface area contributed by atoms with Gasteiger partial charge in [-0.15, -0.1) is 0 Å². The van der Waals surface area contributed by atoms with Gasteiger partial charge in [-0.2, -0.15) is 0 Å². The molecule has 1 aromatic heterocycles. The average Bonchev–Trinajstić information content (AvgIpc) is 2.01. The number of aromatic amines is 1. The van der Waals surface area contributed by atoms with E-state index in [1.807, 2.05) is 0 Å². The van der Waals surface area contributed by atoms with E-state index in [4.69, 9.17) is 5.73 Å². The molecular weight excluding hydrogens is 194 g/mol. The number of H-pyrrole nitrogens is 1. The number of rotatable bonds is 2. The Hall–Kier alpha value is -1.72. The van der Waals surface area contributed by atoms with Crippen LogP contribution in [0.3, 0.4) is 0 Å². The number of alkyl halides is 2. The fourth-order valence-electron chi connectivity index (χ4n) is 1.18. The second-order valence-electron chi connectivity index (χ2n) is 2.75. The smallest absolute Gasteiger partial charge is 0.266 e. The molecular formula is C8H8F2N2O2. The number of carbonyl (C=O) groups excluding carboxylic acids is 1. The standard InChI is InChI=1S/C8H8F2N2O2/c1-3-6(7(9)10)4(8(11)14)2-5(13)12-3/h2,7H,1H3,(H2,11,14)(H,12,13). The van der Waals surface area contributed by atoms with Gasteiger partial charge in [-0.05, 0) is 6.92 Å². The summed E-state index contributed by atoms with van der Waals surface area (Å²) in [6.07, 6.45) is -2.84. The molecule has 0 spiro atoms. The highest BCUT2D eigenvalue weighted by Gasteiger charge is 2.20. The highest BCUT2D eigenvalue weighted by Crippen LogP contribution is 2.23. The minimum Gasteiger partial charge on any atom is -0.366 e. The first-order valence-corrected chi connectivity index (χ1v) is 3.75. The fourth-order valence-corrected chi connectivity index (χ4v) is 1.18. The maximum atomic E-state index is 12.5. The van der Waals surface area contributed by atoms with Gasteiger partial charge in [0.1, 0.15) is 0 Å². The Balaban J connectivity index is 3.52. The van der Waals surface area contributed by atoms with Crippen LogP contribution in [0.15, 0.2) is 10.9 Å². The Morgan fingerprint density at radius 2 is 2.14 bits per heavy atom. The van der Waals surface area contributed by atoms with E-state index in [0.29, 0.717) is 0 Å². The van der Waals surface area contributed by atoms with Crippen LogP contribution in [-0.4, -0.2) is 10.9 Å². The van der Waals surface area contributed by atoms with Crippen LogP contribution in [0.25, 0.3) is 0 Å². The van der Waals surface area contributed by atoms with Gasteiger partial charge in [0.25, 0.3) is 6.43 Å². The molecule has 4 nitrogen and oxygen atoms in total. The molecule has 0 aromatic carbocycles. The number of primary amides is 1. The van der Waals surface area contributed by atoms with Crippen molar-refractivity contribution in [1.29, 1.82) is 0 Å². The van der Waals surface area contributed by atoms with Crippen molar-refractivity contribution in [3.8, 4) is 0 Å². The number of amides is 1. The minimum absolute atomic E-state index is 0.0405. The van der Waals surface area contributed by atoms with E-state index in [1.54, 1.807) is 0 Å². The lowest BCUT2D eigenvalue weighted by atomic mass is 10.1. The Labute approximate surface area is 77.7 Å². The molecule has 0 saturated carbocycles. The summed E-state index contributed by atoms with van der Waals surface area (Å²) in [6.45, 7) is 1.29. The number of hydrogen-bond acceptors (Lipinski definition) is 2. The number of nitrogens with two attached hydrogens (primary N) is 1. The summed E-state index contributed by atoms with van der Waals surface area (Å²) < 4.78 is 24.9. The van der Waals surface area contributed by atoms with E-state index in [1.165, 1.54) is 6.92 Å². The Morgan fingerprint density at radius 3 is 2.57 bits per heavy atom. The van der Waals surface area contributed by atoms with Crippen molar-refractivity contribution in [2.24, 2.45) is 5.73 Å². The summed E-state index contributed by atoms with van der Waals surface area (Å²) in [4.78, 5) is 23.8. The molecule has 0 aliphatic heterocycles. The van der Waals surface area contributed by atoms with E-state index < -0.39 is 29.0 Å². The van der Waals surface area contributed by atoms with Crippen LogP contribution in [0, 0.1) is 6.92 Å². The molecule has 14 heavy (non-hydrogen) atoms. The topological polar surface area (TPSA) is 75.9 Å². The number of aryl methyl sites for hydroxylation is 1. The second kappa shape index (κ2) is 3.57. The SMILES string of the molecule is Cc1[nH]c(=O)cc(C(N)=O)c1C(F)F. The van der Waals surface area contributed by atoms with Crippen LogP contribution in [0.2, 0.25) is 0 Å². The third-order valence-electron chi connectivity index (χ3n) is 1.76. The lowest BCUT2D eigenvalue weighted by Crippen LogP contribution is -2.20. The van der Waals surface area contributed by atoms with Crippen molar-refractivity contribution in [2.75, 3.05) is 0 Å². The molecule has 0 aliphatic rings. The lowest BCUT2D eigenvalue weighted by Gasteiger charge is -2.07. The van der Waals surface area contributed by atoms with Gasteiger partial charge in [-0.1, -0.05) is 0 Å². The van der Waals surface area contributed by atoms with Crippen molar-refractivity contribution in [3.05, 3.63) is 33.2 Å². The first-order chi connectivity index (χ1) is 6.43. The molecule has 0 saturated heterocycles. The van der Waals surface area contributed by atoms with Gasteiger partial charge in [0.15, 0.2) is 0 Å². The lowest BCUT2D eigenvalue weighted by molar-refractivity contribution is 0.0985. The molecule has 0 bridgehead atoms. The van der Waals surface area contributed by atoms with Crippen LogP contribution >= 0.6 is 0 Å². The number of nitrogens with one attached hydrogen (secondary N) is 1. The monoisotopic (exact) mass is 202 g/mol. The Bertz CT molecular complexity index is 426. The van der Waals surface area contributed by atoms with Crippen molar-refractivity contribution in [2.45, 2.75) is 13.3 Å². The fraction of sp³-hybridized carbons (Fsp3) is 0.250. The molecule has 0 radical (unpaired) electrons. The molecule has 3 N–H and O–H groups in total. The Morgan fingerprint density at radius 1 is 1.57 bits per heavy atom. The van der Waals surface area contributed by atoms with E-state index in [-0.39, 0.29) is 5.69 Å². The van der Waals surface area contributed by atoms with Gasteiger partial charge < -0.3 is 10.7 Å². The predicted molar refractivity (Wildman–Crippen MR) is 45.3 cm³/mol. The predicted octanol–water partition coefficient (Wildman–Crippen LogP) is 0.720. The second-order valence-corrected chi connectivity index (χ2v) is 2.75. The summed E-state index contributed by atoms with van der Waals surface area (Å²) in [5, 5.41) is 0. The number of aromatic nitrogens is 1. The van der Waals surface area contributed by atoms with Gasteiger partial charge in [0.2, 0.25) is 11.5 Å². The largest absolute Gasteiger partial charge is 0.366 e. The maximum Gasteiger partial charge on any atom is 0.266 e. The number of hydrogen-bond donors (Lipinski definition) is 2. The van der Waals surface area contributed by atoms with E-state index >= 15 is 0 Å². The zero-order valence-corrected chi connectivity index (χ0v) is 7.30. The highest BCUT2D eigenvalue weighted by atomic mass is 19.3. The molecule has 1 aromatic rings. The first kappa shape index (κ1) is 10.4. The van der Waals surface area contributed by atoms with Crippen LogP contribution in [0.1, 0.15) is 28.0 Å². The third kappa shape index (κ3) is 1.78. The average molecular weight is 202 g/mol. The van der Waals surface area contributed by atoms with Gasteiger partial charge in [0, 0.05) is 17.3 Å². The van der Waals surface area contributed by atoms with E-state index in [9.17, 15) is 18.4 Å². The molecule has 1 heterocycles. The van der Waals surface area contributed by atoms with E-state index in [0.717, 1.165) is 6.07 Å². The molecule has 1 amide bonds. The van der Waals surface area contributed by atoms with Crippen LogP contribution in [0.5, 0.6) is 0 Å². The normalized spacial score (nSPS) is 10.6. The highest BCUT2D eigenvalue weighted by molar-refractivity contribution is 5.94. The van der Waals surface area contributed by atoms with Crippen LogP contribution in [-0.2, 0) is 0 Å². The number of halogens is 2. The minimum atomic E-state index is -2.84. The van der Waals surface area contributed by atoms with Gasteiger partial charge in [-0.25, -0.2) is 8.78 Å². The molecule has 0 unspecified atom stereocenters. The molecule has 0 fully saturated rings. The first-order valence-electron chi connectivity index (χ1n) is 3.75. The van der Waals surface area contributed by atoms with Gasteiger partial charge in [0.05, 0.1) is 5.56 Å². The summed E-state index contributed by atoms with van der Waals surface area (Å²) in [5.41, 5.74) is 3.25. The zero-order chi connectivity index (χ0) is 10.9. The summed E-state index contributed by atoms with van der Waals surface area (Å²) in [7, 11) is 0. The van der Waals surface area contributed by atoms with Crippen molar-refractivity contribution in [3.63, 3.8) is 0 Å². The number of pyridine rings is 1. The molecule has 6 heteroatoms. The van der Waals surface area contributed by atoms with Crippen molar-refractivity contribution < 1.29 is 13.6 Å². The van der Waals surface area contributed by atoms with Gasteiger partial charge >= 0.3 is 0 Å². The summed E-state index contributed by atoms with van der Waals surface area (Å²) in [6, 6.07) is 0.775. The zero-order valence-electron chi connectivity index (χ0n) is 7.30. The van der Waals surface area contributed by atoms with Crippen LogP contribution in [0.4, 0.5) is 8.78 Å². The summed E-state index contributed by atoms with van der Waals surface area (Å²) in [5.74, 6) is -1.03. The third-order valence-corrected chi connectivity index (χ3v) is 1.76. The van der Waals surface area contributed by atoms with Crippen LogP contribution < -0.4 is 11.3 Å². The molecule has 76 valence electrons. The van der Waals surface area contributed by atoms with Crippen molar-refractivity contribution in [1.82, 2.24) is 4.98 Å². The van der Waals surface area contributed by atoms with Gasteiger partial charge in [-0.3, -0.25) is 9.59 Å². The maximum absolute atomic E-state index is 12.5. The van der Waals surface area contributed by atoms with E-state index in [2.05, 4.69) is 4.98 Å². The van der Waals surface area contributed by atoms with Crippen molar-refractivity contribution >= 4 is 5.91 Å². The Kier molecular flexibility index (Phi) is 2.64. The molecule has 1 rings (SSSR count). The number of carbonyl (C=O) groups is 1. The summed E-state index contributed by atoms with van der Waals surface area (Å²) >= 11 is 0. The molecule has 0 atom stereocenters.